The zero-order chi connectivity index (χ0) is 19.3. The van der Waals surface area contributed by atoms with Gasteiger partial charge in [0.25, 0.3) is 0 Å². The van der Waals surface area contributed by atoms with E-state index in [9.17, 15) is 13.2 Å². The quantitative estimate of drug-likeness (QED) is 0.766. The van der Waals surface area contributed by atoms with Crippen LogP contribution in [0.1, 0.15) is 31.4 Å². The van der Waals surface area contributed by atoms with E-state index in [0.29, 0.717) is 18.8 Å². The van der Waals surface area contributed by atoms with Crippen LogP contribution < -0.4 is 10.6 Å². The molecular weight excluding hydrogens is 362 g/mol. The lowest BCUT2D eigenvalue weighted by Gasteiger charge is -2.16. The Labute approximate surface area is 160 Å². The van der Waals surface area contributed by atoms with Gasteiger partial charge in [0.1, 0.15) is 0 Å². The summed E-state index contributed by atoms with van der Waals surface area (Å²) in [4.78, 5) is 12.4. The number of anilines is 1. The smallest absolute Gasteiger partial charge is 0.243 e. The van der Waals surface area contributed by atoms with Crippen LogP contribution >= 0.6 is 0 Å². The molecule has 0 radical (unpaired) electrons. The first-order valence-corrected chi connectivity index (χ1v) is 10.6. The van der Waals surface area contributed by atoms with Crippen LogP contribution in [0, 0.1) is 0 Å². The summed E-state index contributed by atoms with van der Waals surface area (Å²) in [7, 11) is -3.41. The maximum Gasteiger partial charge on any atom is 0.243 e. The average molecular weight is 388 g/mol. The number of nitrogens with one attached hydrogen (secondary N) is 2. The third-order valence-electron chi connectivity index (χ3n) is 4.69. The largest absolute Gasteiger partial charge is 0.376 e. The van der Waals surface area contributed by atoms with E-state index in [-0.39, 0.29) is 23.4 Å². The van der Waals surface area contributed by atoms with Gasteiger partial charge in [0, 0.05) is 18.8 Å². The number of carbonyl (C=O) groups excluding carboxylic acids is 1. The van der Waals surface area contributed by atoms with Crippen molar-refractivity contribution in [2.45, 2.75) is 30.7 Å². The van der Waals surface area contributed by atoms with Gasteiger partial charge in [-0.3, -0.25) is 4.79 Å². The molecule has 0 bridgehead atoms. The molecule has 1 aliphatic heterocycles. The first-order chi connectivity index (χ1) is 13.0. The highest BCUT2D eigenvalue weighted by atomic mass is 32.2. The second-order valence-corrected chi connectivity index (χ2v) is 8.63. The summed E-state index contributed by atoms with van der Waals surface area (Å²) in [6.45, 7) is 3.23. The van der Waals surface area contributed by atoms with Crippen LogP contribution in [-0.2, 0) is 14.8 Å². The van der Waals surface area contributed by atoms with Crippen molar-refractivity contribution < 1.29 is 13.2 Å². The van der Waals surface area contributed by atoms with Crippen LogP contribution in [0.2, 0.25) is 0 Å². The van der Waals surface area contributed by atoms with Crippen molar-refractivity contribution >= 4 is 21.6 Å². The summed E-state index contributed by atoms with van der Waals surface area (Å²) in [5, 5.41) is 5.96. The highest BCUT2D eigenvalue weighted by molar-refractivity contribution is 7.89. The van der Waals surface area contributed by atoms with E-state index in [1.165, 1.54) is 4.31 Å². The second-order valence-electron chi connectivity index (χ2n) is 6.69. The summed E-state index contributed by atoms with van der Waals surface area (Å²) < 4.78 is 26.5. The van der Waals surface area contributed by atoms with Gasteiger partial charge in [-0.1, -0.05) is 30.3 Å². The minimum atomic E-state index is -3.41. The Morgan fingerprint density at radius 2 is 1.67 bits per heavy atom. The molecular formula is C20H25N3O3S. The van der Waals surface area contributed by atoms with Crippen LogP contribution in [0.4, 0.5) is 5.69 Å². The number of benzene rings is 2. The number of carbonyl (C=O) groups is 1. The zero-order valence-electron chi connectivity index (χ0n) is 15.4. The van der Waals surface area contributed by atoms with E-state index >= 15 is 0 Å². The monoisotopic (exact) mass is 387 g/mol. The van der Waals surface area contributed by atoms with Gasteiger partial charge in [0.2, 0.25) is 15.9 Å². The maximum absolute atomic E-state index is 12.5. The van der Waals surface area contributed by atoms with Gasteiger partial charge < -0.3 is 10.6 Å². The summed E-state index contributed by atoms with van der Waals surface area (Å²) >= 11 is 0. The summed E-state index contributed by atoms with van der Waals surface area (Å²) in [5.74, 6) is -0.125. The van der Waals surface area contributed by atoms with E-state index in [2.05, 4.69) is 10.6 Å². The molecule has 1 amide bonds. The Balaban J connectivity index is 1.53. The molecule has 2 N–H and O–H groups in total. The molecule has 6 nitrogen and oxygen atoms in total. The summed E-state index contributed by atoms with van der Waals surface area (Å²) in [6.07, 6.45) is 1.82. The van der Waals surface area contributed by atoms with Crippen molar-refractivity contribution in [2.75, 3.05) is 25.0 Å². The van der Waals surface area contributed by atoms with Gasteiger partial charge in [-0.2, -0.15) is 4.31 Å². The van der Waals surface area contributed by atoms with Crippen molar-refractivity contribution in [2.24, 2.45) is 0 Å². The fourth-order valence-corrected chi connectivity index (χ4v) is 4.64. The normalized spacial score (nSPS) is 16.0. The van der Waals surface area contributed by atoms with E-state index < -0.39 is 10.0 Å². The van der Waals surface area contributed by atoms with Crippen molar-refractivity contribution in [1.82, 2.24) is 9.62 Å². The minimum Gasteiger partial charge on any atom is -0.376 e. The molecule has 0 unspecified atom stereocenters. The lowest BCUT2D eigenvalue weighted by molar-refractivity contribution is -0.120. The molecule has 27 heavy (non-hydrogen) atoms. The molecule has 2 aromatic rings. The minimum absolute atomic E-state index is 0.0755. The Morgan fingerprint density at radius 1 is 1.04 bits per heavy atom. The fourth-order valence-electron chi connectivity index (χ4n) is 3.12. The topological polar surface area (TPSA) is 78.5 Å². The van der Waals surface area contributed by atoms with Gasteiger partial charge in [-0.15, -0.1) is 0 Å². The standard InChI is InChI=1S/C20H25N3O3S/c1-16(17-7-3-2-4-8-17)22-20(24)15-21-18-9-11-19(12-10-18)27(25,26)23-13-5-6-14-23/h2-4,7-12,16,21H,5-6,13-15H2,1H3,(H,22,24)/t16-/m0/s1. The van der Waals surface area contributed by atoms with Crippen LogP contribution in [0.15, 0.2) is 59.5 Å². The molecule has 1 aliphatic rings. The predicted molar refractivity (Wildman–Crippen MR) is 106 cm³/mol. The van der Waals surface area contributed by atoms with Crippen LogP contribution in [0.3, 0.4) is 0 Å². The Bertz CT molecular complexity index is 861. The molecule has 0 spiro atoms. The number of rotatable bonds is 7. The van der Waals surface area contributed by atoms with E-state index in [4.69, 9.17) is 0 Å². The molecule has 2 aromatic carbocycles. The Morgan fingerprint density at radius 3 is 2.30 bits per heavy atom. The number of amides is 1. The molecule has 1 saturated heterocycles. The predicted octanol–water partition coefficient (Wildman–Crippen LogP) is 2.76. The van der Waals surface area contributed by atoms with Gasteiger partial charge in [0.15, 0.2) is 0 Å². The van der Waals surface area contributed by atoms with Gasteiger partial charge >= 0.3 is 0 Å². The third-order valence-corrected chi connectivity index (χ3v) is 6.60. The van der Waals surface area contributed by atoms with Gasteiger partial charge in [0.05, 0.1) is 17.5 Å². The highest BCUT2D eigenvalue weighted by Crippen LogP contribution is 2.22. The molecule has 1 heterocycles. The summed E-state index contributed by atoms with van der Waals surface area (Å²) in [5.41, 5.74) is 1.75. The van der Waals surface area contributed by atoms with E-state index in [0.717, 1.165) is 18.4 Å². The average Bonchev–Trinajstić information content (AvgIpc) is 3.23. The number of hydrogen-bond donors (Lipinski definition) is 2. The van der Waals surface area contributed by atoms with Crippen molar-refractivity contribution in [3.8, 4) is 0 Å². The Kier molecular flexibility index (Phi) is 6.13. The molecule has 1 atom stereocenters. The number of sulfonamides is 1. The summed E-state index contributed by atoms with van der Waals surface area (Å²) in [6, 6.07) is 16.2. The number of hydrogen-bond acceptors (Lipinski definition) is 4. The van der Waals surface area contributed by atoms with E-state index in [1.807, 2.05) is 37.3 Å². The second kappa shape index (κ2) is 8.54. The molecule has 3 rings (SSSR count). The van der Waals surface area contributed by atoms with Crippen LogP contribution in [-0.4, -0.2) is 38.3 Å². The van der Waals surface area contributed by atoms with E-state index in [1.54, 1.807) is 24.3 Å². The Hall–Kier alpha value is -2.38. The first-order valence-electron chi connectivity index (χ1n) is 9.15. The van der Waals surface area contributed by atoms with Gasteiger partial charge in [-0.25, -0.2) is 8.42 Å². The molecule has 0 saturated carbocycles. The molecule has 0 aromatic heterocycles. The van der Waals surface area contributed by atoms with Crippen molar-refractivity contribution in [1.29, 1.82) is 0 Å². The van der Waals surface area contributed by atoms with Gasteiger partial charge in [-0.05, 0) is 49.6 Å². The SMILES string of the molecule is C[C@H](NC(=O)CNc1ccc(S(=O)(=O)N2CCCC2)cc1)c1ccccc1. The molecule has 1 fully saturated rings. The van der Waals surface area contributed by atoms with Crippen LogP contribution in [0.5, 0.6) is 0 Å². The number of nitrogens with zero attached hydrogens (tertiary/aromatic N) is 1. The first kappa shape index (κ1) is 19.4. The third kappa shape index (κ3) is 4.87. The maximum atomic E-state index is 12.5. The molecule has 144 valence electrons. The molecule has 7 heteroatoms. The van der Waals surface area contributed by atoms with Crippen molar-refractivity contribution in [3.63, 3.8) is 0 Å². The molecule has 0 aliphatic carbocycles. The lowest BCUT2D eigenvalue weighted by atomic mass is 10.1. The highest BCUT2D eigenvalue weighted by Gasteiger charge is 2.26. The zero-order valence-corrected chi connectivity index (χ0v) is 16.2. The lowest BCUT2D eigenvalue weighted by Crippen LogP contribution is -2.32. The van der Waals surface area contributed by atoms with Crippen LogP contribution in [0.25, 0.3) is 0 Å². The fraction of sp³-hybridized carbons (Fsp3) is 0.350. The van der Waals surface area contributed by atoms with Crippen molar-refractivity contribution in [3.05, 3.63) is 60.2 Å².